The molecular formula is C28H22ClN5O2. The molecule has 1 amide bonds. The lowest BCUT2D eigenvalue weighted by Gasteiger charge is -2.27. The summed E-state index contributed by atoms with van der Waals surface area (Å²) in [6, 6.07) is 24.4. The standard InChI is InChI=1S/C28H22ClN5O2/c29-20-11-15-23(16-12-20)34-26(19-9-13-22(14-10-19)32-17-5-4-8-24(32)35)31-27-25(28(34)36)30-18-33(27)21-6-2-1-3-7-21/h1-3,6-7,9-16,18H,4-5,8,17H2. The topological polar surface area (TPSA) is 73.0 Å². The molecule has 3 heterocycles. The number of nitrogens with zero attached hydrogens (tertiary/aromatic N) is 5. The lowest BCUT2D eigenvalue weighted by atomic mass is 10.1. The molecule has 0 radical (unpaired) electrons. The number of para-hydroxylation sites is 1. The monoisotopic (exact) mass is 495 g/mol. The lowest BCUT2D eigenvalue weighted by Crippen LogP contribution is -2.35. The van der Waals surface area contributed by atoms with Crippen LogP contribution in [0.1, 0.15) is 19.3 Å². The third kappa shape index (κ3) is 3.87. The molecule has 6 rings (SSSR count). The van der Waals surface area contributed by atoms with Crippen molar-refractivity contribution in [1.29, 1.82) is 0 Å². The van der Waals surface area contributed by atoms with Gasteiger partial charge in [0.05, 0.1) is 5.69 Å². The molecule has 1 aliphatic heterocycles. The first-order valence-electron chi connectivity index (χ1n) is 11.8. The van der Waals surface area contributed by atoms with Crippen LogP contribution in [-0.2, 0) is 4.79 Å². The van der Waals surface area contributed by atoms with E-state index in [-0.39, 0.29) is 17.0 Å². The molecule has 0 bridgehead atoms. The van der Waals surface area contributed by atoms with Gasteiger partial charge in [0, 0.05) is 34.9 Å². The summed E-state index contributed by atoms with van der Waals surface area (Å²) in [7, 11) is 0. The first-order chi connectivity index (χ1) is 17.6. The Hall–Kier alpha value is -4.23. The Labute approximate surface area is 212 Å². The summed E-state index contributed by atoms with van der Waals surface area (Å²) in [6.07, 6.45) is 4.11. The molecule has 0 saturated carbocycles. The average Bonchev–Trinajstić information content (AvgIpc) is 3.35. The van der Waals surface area contributed by atoms with Gasteiger partial charge in [-0.1, -0.05) is 29.8 Å². The Morgan fingerprint density at radius 2 is 1.50 bits per heavy atom. The lowest BCUT2D eigenvalue weighted by molar-refractivity contribution is -0.119. The van der Waals surface area contributed by atoms with E-state index in [1.54, 1.807) is 35.2 Å². The van der Waals surface area contributed by atoms with E-state index in [0.717, 1.165) is 29.8 Å². The largest absolute Gasteiger partial charge is 0.312 e. The minimum absolute atomic E-state index is 0.137. The van der Waals surface area contributed by atoms with Gasteiger partial charge in [0.1, 0.15) is 12.2 Å². The number of piperidine rings is 1. The quantitative estimate of drug-likeness (QED) is 0.334. The van der Waals surface area contributed by atoms with E-state index in [4.69, 9.17) is 16.6 Å². The summed E-state index contributed by atoms with van der Waals surface area (Å²) >= 11 is 6.11. The number of halogens is 1. The molecule has 2 aromatic heterocycles. The molecule has 0 aliphatic carbocycles. The second-order valence-corrected chi connectivity index (χ2v) is 9.16. The van der Waals surface area contributed by atoms with Gasteiger partial charge in [0.2, 0.25) is 5.91 Å². The van der Waals surface area contributed by atoms with Gasteiger partial charge in [-0.15, -0.1) is 0 Å². The van der Waals surface area contributed by atoms with Crippen molar-refractivity contribution in [3.63, 3.8) is 0 Å². The van der Waals surface area contributed by atoms with E-state index in [0.29, 0.717) is 35.1 Å². The maximum absolute atomic E-state index is 13.8. The SMILES string of the molecule is O=C1CCCCN1c1ccc(-c2nc3c(ncn3-c3ccccc3)c(=O)n2-c2ccc(Cl)cc2)cc1. The predicted molar refractivity (Wildman–Crippen MR) is 141 cm³/mol. The number of imidazole rings is 1. The first-order valence-corrected chi connectivity index (χ1v) is 12.2. The third-order valence-electron chi connectivity index (χ3n) is 6.45. The summed E-state index contributed by atoms with van der Waals surface area (Å²) in [4.78, 5) is 37.4. The van der Waals surface area contributed by atoms with Crippen molar-refractivity contribution in [2.75, 3.05) is 11.4 Å². The highest BCUT2D eigenvalue weighted by atomic mass is 35.5. The Bertz CT molecular complexity index is 1620. The van der Waals surface area contributed by atoms with Gasteiger partial charge in [-0.3, -0.25) is 18.7 Å². The molecule has 1 aliphatic rings. The summed E-state index contributed by atoms with van der Waals surface area (Å²) in [6.45, 7) is 0.716. The molecule has 1 fully saturated rings. The van der Waals surface area contributed by atoms with E-state index in [1.807, 2.05) is 64.1 Å². The van der Waals surface area contributed by atoms with Crippen LogP contribution < -0.4 is 10.5 Å². The molecule has 0 atom stereocenters. The highest BCUT2D eigenvalue weighted by Gasteiger charge is 2.21. The van der Waals surface area contributed by atoms with E-state index in [1.165, 1.54) is 0 Å². The number of fused-ring (bicyclic) bond motifs is 1. The molecule has 0 spiro atoms. The van der Waals surface area contributed by atoms with Crippen LogP contribution in [0.4, 0.5) is 5.69 Å². The molecule has 5 aromatic rings. The Balaban J connectivity index is 1.55. The zero-order valence-corrected chi connectivity index (χ0v) is 20.1. The minimum atomic E-state index is -0.276. The van der Waals surface area contributed by atoms with Crippen molar-refractivity contribution in [2.45, 2.75) is 19.3 Å². The zero-order chi connectivity index (χ0) is 24.6. The number of anilines is 1. The van der Waals surface area contributed by atoms with Gasteiger partial charge >= 0.3 is 0 Å². The van der Waals surface area contributed by atoms with E-state index in [9.17, 15) is 9.59 Å². The molecule has 0 N–H and O–H groups in total. The number of hydrogen-bond donors (Lipinski definition) is 0. The van der Waals surface area contributed by atoms with Crippen LogP contribution in [0, 0.1) is 0 Å². The van der Waals surface area contributed by atoms with Gasteiger partial charge < -0.3 is 4.90 Å². The summed E-state index contributed by atoms with van der Waals surface area (Å²) in [5.74, 6) is 0.613. The summed E-state index contributed by atoms with van der Waals surface area (Å²) in [5, 5.41) is 0.575. The predicted octanol–water partition coefficient (Wildman–Crippen LogP) is 5.41. The van der Waals surface area contributed by atoms with Gasteiger partial charge in [0.15, 0.2) is 11.2 Å². The molecule has 178 valence electrons. The van der Waals surface area contributed by atoms with Crippen LogP contribution in [-0.4, -0.2) is 31.6 Å². The number of benzene rings is 3. The van der Waals surface area contributed by atoms with Crippen LogP contribution in [0.25, 0.3) is 33.9 Å². The van der Waals surface area contributed by atoms with E-state index in [2.05, 4.69) is 4.98 Å². The number of amides is 1. The number of rotatable bonds is 4. The smallest absolute Gasteiger partial charge is 0.286 e. The molecule has 36 heavy (non-hydrogen) atoms. The zero-order valence-electron chi connectivity index (χ0n) is 19.3. The maximum atomic E-state index is 13.8. The van der Waals surface area contributed by atoms with Gasteiger partial charge in [-0.25, -0.2) is 9.97 Å². The van der Waals surface area contributed by atoms with Crippen LogP contribution in [0.15, 0.2) is 90.0 Å². The Kier molecular flexibility index (Phi) is 5.62. The Morgan fingerprint density at radius 1 is 0.778 bits per heavy atom. The second kappa shape index (κ2) is 9.09. The number of carbonyl (C=O) groups is 1. The number of hydrogen-bond acceptors (Lipinski definition) is 4. The minimum Gasteiger partial charge on any atom is -0.312 e. The van der Waals surface area contributed by atoms with Crippen LogP contribution in [0.5, 0.6) is 0 Å². The molecule has 0 unspecified atom stereocenters. The van der Waals surface area contributed by atoms with Gasteiger partial charge in [-0.2, -0.15) is 0 Å². The maximum Gasteiger partial charge on any atom is 0.286 e. The fourth-order valence-corrected chi connectivity index (χ4v) is 4.75. The third-order valence-corrected chi connectivity index (χ3v) is 6.70. The summed E-state index contributed by atoms with van der Waals surface area (Å²) < 4.78 is 3.37. The van der Waals surface area contributed by atoms with Crippen molar-refractivity contribution in [3.8, 4) is 22.8 Å². The fourth-order valence-electron chi connectivity index (χ4n) is 4.62. The second-order valence-electron chi connectivity index (χ2n) is 8.72. The normalized spacial score (nSPS) is 13.9. The van der Waals surface area contributed by atoms with Crippen LogP contribution in [0.3, 0.4) is 0 Å². The molecule has 8 heteroatoms. The molecule has 1 saturated heterocycles. The highest BCUT2D eigenvalue weighted by molar-refractivity contribution is 6.30. The van der Waals surface area contributed by atoms with Crippen molar-refractivity contribution >= 4 is 34.4 Å². The Morgan fingerprint density at radius 3 is 2.22 bits per heavy atom. The van der Waals surface area contributed by atoms with Crippen LogP contribution in [0.2, 0.25) is 5.02 Å². The van der Waals surface area contributed by atoms with E-state index >= 15 is 0 Å². The average molecular weight is 496 g/mol. The molecule has 3 aromatic carbocycles. The van der Waals surface area contributed by atoms with Crippen molar-refractivity contribution < 1.29 is 4.79 Å². The van der Waals surface area contributed by atoms with Crippen molar-refractivity contribution in [3.05, 3.63) is 101 Å². The van der Waals surface area contributed by atoms with Crippen LogP contribution >= 0.6 is 11.6 Å². The van der Waals surface area contributed by atoms with Crippen molar-refractivity contribution in [1.82, 2.24) is 19.1 Å². The molecule has 7 nitrogen and oxygen atoms in total. The van der Waals surface area contributed by atoms with E-state index < -0.39 is 0 Å². The molecular weight excluding hydrogens is 474 g/mol. The number of aromatic nitrogens is 4. The van der Waals surface area contributed by atoms with Gasteiger partial charge in [-0.05, 0) is 73.5 Å². The summed E-state index contributed by atoms with van der Waals surface area (Å²) in [5.41, 5.74) is 3.56. The first kappa shape index (κ1) is 22.2. The highest BCUT2D eigenvalue weighted by Crippen LogP contribution is 2.27. The van der Waals surface area contributed by atoms with Gasteiger partial charge in [0.25, 0.3) is 5.56 Å². The fraction of sp³-hybridized carbons (Fsp3) is 0.143. The number of carbonyl (C=O) groups excluding carboxylic acids is 1. The van der Waals surface area contributed by atoms with Crippen molar-refractivity contribution in [2.24, 2.45) is 0 Å².